The van der Waals surface area contributed by atoms with Gasteiger partial charge in [0.15, 0.2) is 11.0 Å². The van der Waals surface area contributed by atoms with Crippen LogP contribution in [-0.2, 0) is 6.54 Å². The predicted molar refractivity (Wildman–Crippen MR) is 113 cm³/mol. The van der Waals surface area contributed by atoms with Crippen molar-refractivity contribution in [2.24, 2.45) is 0 Å². The summed E-state index contributed by atoms with van der Waals surface area (Å²) in [7, 11) is 0. The van der Waals surface area contributed by atoms with Crippen LogP contribution in [0, 0.1) is 13.8 Å². The van der Waals surface area contributed by atoms with Crippen molar-refractivity contribution in [3.05, 3.63) is 78.0 Å². The van der Waals surface area contributed by atoms with Crippen molar-refractivity contribution in [1.29, 1.82) is 0 Å². The molecular weight excluding hydrogens is 384 g/mol. The molecule has 0 amide bonds. The summed E-state index contributed by atoms with van der Waals surface area (Å²) in [5, 5.41) is 9.62. The first kappa shape index (κ1) is 19.3. The van der Waals surface area contributed by atoms with Crippen molar-refractivity contribution < 1.29 is 9.15 Å². The number of aromatic nitrogens is 4. The molecule has 148 valence electrons. The molecule has 0 fully saturated rings. The number of hydrogen-bond acceptors (Lipinski definition) is 6. The van der Waals surface area contributed by atoms with Crippen LogP contribution in [0.5, 0.6) is 5.75 Å². The monoisotopic (exact) mass is 406 g/mol. The Morgan fingerprint density at radius 2 is 2.03 bits per heavy atom. The summed E-state index contributed by atoms with van der Waals surface area (Å²) in [5.41, 5.74) is 3.25. The van der Waals surface area contributed by atoms with Gasteiger partial charge in [-0.2, -0.15) is 0 Å². The largest absolute Gasteiger partial charge is 0.492 e. The van der Waals surface area contributed by atoms with Gasteiger partial charge >= 0.3 is 0 Å². The summed E-state index contributed by atoms with van der Waals surface area (Å²) < 4.78 is 13.6. The first-order valence-electron chi connectivity index (χ1n) is 9.39. The third kappa shape index (κ3) is 4.68. The van der Waals surface area contributed by atoms with E-state index < -0.39 is 0 Å². The summed E-state index contributed by atoms with van der Waals surface area (Å²) in [6.07, 6.45) is 5.21. The molecule has 3 heterocycles. The van der Waals surface area contributed by atoms with E-state index in [1.807, 2.05) is 24.3 Å². The molecule has 0 radical (unpaired) electrons. The zero-order chi connectivity index (χ0) is 20.1. The summed E-state index contributed by atoms with van der Waals surface area (Å²) >= 11 is 1.62. The van der Waals surface area contributed by atoms with Gasteiger partial charge in [-0.1, -0.05) is 23.9 Å². The average Bonchev–Trinajstić information content (AvgIpc) is 3.39. The van der Waals surface area contributed by atoms with Crippen LogP contribution < -0.4 is 4.74 Å². The molecule has 4 aromatic rings. The number of thioether (sulfide) groups is 1. The number of benzene rings is 1. The van der Waals surface area contributed by atoms with E-state index in [1.165, 1.54) is 5.56 Å². The third-order valence-electron chi connectivity index (χ3n) is 4.45. The lowest BCUT2D eigenvalue weighted by Gasteiger charge is -2.11. The molecule has 6 nitrogen and oxygen atoms in total. The minimum Gasteiger partial charge on any atom is -0.492 e. The van der Waals surface area contributed by atoms with Crippen molar-refractivity contribution in [2.45, 2.75) is 25.5 Å². The molecule has 3 aromatic heterocycles. The number of furan rings is 1. The Kier molecular flexibility index (Phi) is 5.95. The molecule has 0 aliphatic heterocycles. The molecule has 1 aromatic carbocycles. The number of nitrogens with zero attached hydrogens (tertiary/aromatic N) is 4. The molecule has 0 N–H and O–H groups in total. The van der Waals surface area contributed by atoms with Crippen LogP contribution in [0.1, 0.15) is 16.9 Å². The summed E-state index contributed by atoms with van der Waals surface area (Å²) in [5.74, 6) is 3.31. The normalized spacial score (nSPS) is 11.0. The van der Waals surface area contributed by atoms with Crippen LogP contribution in [0.4, 0.5) is 0 Å². The Balaban J connectivity index is 1.48. The van der Waals surface area contributed by atoms with Gasteiger partial charge in [0, 0.05) is 23.7 Å². The van der Waals surface area contributed by atoms with E-state index in [9.17, 15) is 0 Å². The van der Waals surface area contributed by atoms with Crippen LogP contribution in [-0.4, -0.2) is 32.1 Å². The molecule has 4 rings (SSSR count). The molecule has 0 saturated heterocycles. The van der Waals surface area contributed by atoms with E-state index in [1.54, 1.807) is 30.4 Å². The lowest BCUT2D eigenvalue weighted by Crippen LogP contribution is -2.06. The number of ether oxygens (including phenoxy) is 1. The smallest absolute Gasteiger partial charge is 0.192 e. The van der Waals surface area contributed by atoms with Crippen molar-refractivity contribution in [2.75, 3.05) is 12.4 Å². The second kappa shape index (κ2) is 8.96. The Bertz CT molecular complexity index is 1060. The number of pyridine rings is 1. The molecule has 0 aliphatic carbocycles. The molecular formula is C22H22N4O2S. The van der Waals surface area contributed by atoms with E-state index >= 15 is 0 Å². The Hall–Kier alpha value is -3.06. The fourth-order valence-corrected chi connectivity index (χ4v) is 3.71. The highest BCUT2D eigenvalue weighted by Crippen LogP contribution is 2.25. The maximum absolute atomic E-state index is 5.97. The number of rotatable bonds is 8. The van der Waals surface area contributed by atoms with Crippen LogP contribution in [0.25, 0.3) is 11.4 Å². The standard InChI is InChI=1S/C22H22N4O2S/c1-16-7-8-17(2)20(13-16)28-11-12-29-22-25-24-21(18-5-3-9-23-14-18)26(22)15-19-6-4-10-27-19/h3-10,13-14H,11-12,15H2,1-2H3. The Morgan fingerprint density at radius 1 is 1.10 bits per heavy atom. The van der Waals surface area contributed by atoms with Gasteiger partial charge in [0.25, 0.3) is 0 Å². The first-order valence-corrected chi connectivity index (χ1v) is 10.4. The minimum absolute atomic E-state index is 0.560. The maximum Gasteiger partial charge on any atom is 0.192 e. The minimum atomic E-state index is 0.560. The van der Waals surface area contributed by atoms with Crippen LogP contribution in [0.2, 0.25) is 0 Å². The van der Waals surface area contributed by atoms with Crippen LogP contribution in [0.3, 0.4) is 0 Å². The molecule has 0 spiro atoms. The number of hydrogen-bond donors (Lipinski definition) is 0. The topological polar surface area (TPSA) is 66.0 Å². The van der Waals surface area contributed by atoms with Gasteiger partial charge in [-0.05, 0) is 55.3 Å². The zero-order valence-electron chi connectivity index (χ0n) is 16.4. The molecule has 0 aliphatic rings. The Labute approximate surface area is 174 Å². The highest BCUT2D eigenvalue weighted by atomic mass is 32.2. The zero-order valence-corrected chi connectivity index (χ0v) is 17.2. The van der Waals surface area contributed by atoms with Gasteiger partial charge in [0.1, 0.15) is 11.5 Å². The van der Waals surface area contributed by atoms with Gasteiger partial charge in [-0.15, -0.1) is 10.2 Å². The fourth-order valence-electron chi connectivity index (χ4n) is 2.95. The highest BCUT2D eigenvalue weighted by Gasteiger charge is 2.16. The van der Waals surface area contributed by atoms with E-state index in [0.29, 0.717) is 13.2 Å². The molecule has 0 atom stereocenters. The van der Waals surface area contributed by atoms with Gasteiger partial charge in [0.05, 0.1) is 19.4 Å². The fraction of sp³-hybridized carbons (Fsp3) is 0.227. The summed E-state index contributed by atoms with van der Waals surface area (Å²) in [6.45, 7) is 5.27. The molecule has 29 heavy (non-hydrogen) atoms. The summed E-state index contributed by atoms with van der Waals surface area (Å²) in [6, 6.07) is 13.9. The van der Waals surface area contributed by atoms with Crippen molar-refractivity contribution in [3.63, 3.8) is 0 Å². The second-order valence-electron chi connectivity index (χ2n) is 6.68. The third-order valence-corrected chi connectivity index (χ3v) is 5.38. The van der Waals surface area contributed by atoms with E-state index in [-0.39, 0.29) is 0 Å². The second-order valence-corrected chi connectivity index (χ2v) is 7.74. The SMILES string of the molecule is Cc1ccc(C)c(OCCSc2nnc(-c3cccnc3)n2Cc2ccco2)c1. The van der Waals surface area contributed by atoms with Gasteiger partial charge < -0.3 is 9.15 Å². The average molecular weight is 407 g/mol. The highest BCUT2D eigenvalue weighted by molar-refractivity contribution is 7.99. The quantitative estimate of drug-likeness (QED) is 0.310. The van der Waals surface area contributed by atoms with Crippen LogP contribution in [0.15, 0.2) is 70.7 Å². The van der Waals surface area contributed by atoms with Crippen molar-refractivity contribution in [3.8, 4) is 17.1 Å². The van der Waals surface area contributed by atoms with Gasteiger partial charge in [0.2, 0.25) is 0 Å². The maximum atomic E-state index is 5.97. The first-order chi connectivity index (χ1) is 14.2. The van der Waals surface area contributed by atoms with Gasteiger partial charge in [-0.25, -0.2) is 0 Å². The lowest BCUT2D eigenvalue weighted by atomic mass is 10.1. The molecule has 0 unspecified atom stereocenters. The molecule has 0 saturated carbocycles. The molecule has 7 heteroatoms. The van der Waals surface area contributed by atoms with Crippen LogP contribution >= 0.6 is 11.8 Å². The summed E-state index contributed by atoms with van der Waals surface area (Å²) in [4.78, 5) is 4.20. The van der Waals surface area contributed by atoms with E-state index in [0.717, 1.165) is 39.4 Å². The van der Waals surface area contributed by atoms with Crippen molar-refractivity contribution >= 4 is 11.8 Å². The van der Waals surface area contributed by atoms with E-state index in [4.69, 9.17) is 9.15 Å². The van der Waals surface area contributed by atoms with E-state index in [2.05, 4.69) is 51.8 Å². The van der Waals surface area contributed by atoms with Crippen molar-refractivity contribution in [1.82, 2.24) is 19.7 Å². The Morgan fingerprint density at radius 3 is 2.83 bits per heavy atom. The number of aryl methyl sites for hydroxylation is 2. The lowest BCUT2D eigenvalue weighted by molar-refractivity contribution is 0.341. The predicted octanol–water partition coefficient (Wildman–Crippen LogP) is 4.77. The van der Waals surface area contributed by atoms with Gasteiger partial charge in [-0.3, -0.25) is 9.55 Å². The molecule has 0 bridgehead atoms.